The Hall–Kier alpha value is -0.0800. The van der Waals surface area contributed by atoms with Crippen LogP contribution in [0.4, 0.5) is 0 Å². The first-order chi connectivity index (χ1) is 7.80. The Labute approximate surface area is 107 Å². The summed E-state index contributed by atoms with van der Waals surface area (Å²) < 4.78 is 0. The number of aliphatic hydroxyl groups is 2. The Morgan fingerprint density at radius 1 is 0.882 bits per heavy atom. The van der Waals surface area contributed by atoms with E-state index < -0.39 is 0 Å². The molecule has 102 valence electrons. The van der Waals surface area contributed by atoms with Gasteiger partial charge in [-0.3, -0.25) is 0 Å². The van der Waals surface area contributed by atoms with E-state index in [1.165, 1.54) is 11.8 Å². The molecular formula is C15H30O2. The van der Waals surface area contributed by atoms with Crippen LogP contribution in [0.15, 0.2) is 0 Å². The van der Waals surface area contributed by atoms with Gasteiger partial charge in [0.15, 0.2) is 0 Å². The predicted molar refractivity (Wildman–Crippen MR) is 73.4 cm³/mol. The highest BCUT2D eigenvalue weighted by molar-refractivity contribution is 5.18. The highest BCUT2D eigenvalue weighted by Gasteiger charge is 2.41. The monoisotopic (exact) mass is 242 g/mol. The second kappa shape index (κ2) is 7.38. The Morgan fingerprint density at radius 2 is 1.18 bits per heavy atom. The predicted octanol–water partition coefficient (Wildman–Crippen LogP) is 3.52. The lowest BCUT2D eigenvalue weighted by molar-refractivity contribution is 0.0714. The molecule has 2 N–H and O–H groups in total. The van der Waals surface area contributed by atoms with Gasteiger partial charge in [0.05, 0.1) is 12.2 Å². The Bertz CT molecular complexity index is 177. The molecule has 17 heavy (non-hydrogen) atoms. The van der Waals surface area contributed by atoms with Gasteiger partial charge in [0, 0.05) is 0 Å². The van der Waals surface area contributed by atoms with Crippen LogP contribution in [0.2, 0.25) is 0 Å². The molecular weight excluding hydrogens is 212 g/mol. The molecule has 0 saturated heterocycles. The third kappa shape index (κ3) is 4.59. The first-order valence-corrected chi connectivity index (χ1v) is 6.82. The van der Waals surface area contributed by atoms with E-state index in [2.05, 4.69) is 27.7 Å². The summed E-state index contributed by atoms with van der Waals surface area (Å²) in [6.07, 6.45) is 2.76. The zero-order chi connectivity index (χ0) is 13.6. The summed E-state index contributed by atoms with van der Waals surface area (Å²) in [4.78, 5) is 0. The van der Waals surface area contributed by atoms with E-state index >= 15 is 0 Å². The molecule has 0 aromatic carbocycles. The molecule has 0 aromatic rings. The van der Waals surface area contributed by atoms with Gasteiger partial charge in [-0.15, -0.1) is 0 Å². The van der Waals surface area contributed by atoms with E-state index in [0.29, 0.717) is 0 Å². The van der Waals surface area contributed by atoms with E-state index in [1.54, 1.807) is 0 Å². The Balaban J connectivity index is 5.19. The summed E-state index contributed by atoms with van der Waals surface area (Å²) in [5, 5.41) is 19.6. The van der Waals surface area contributed by atoms with Crippen molar-refractivity contribution >= 4 is 0 Å². The molecule has 2 nitrogen and oxygen atoms in total. The lowest BCUT2D eigenvalue weighted by Gasteiger charge is -2.45. The van der Waals surface area contributed by atoms with Crippen LogP contribution in [0.3, 0.4) is 0 Å². The molecule has 0 rings (SSSR count). The molecule has 0 aromatic heterocycles. The van der Waals surface area contributed by atoms with Crippen molar-refractivity contribution in [3.63, 3.8) is 0 Å². The van der Waals surface area contributed by atoms with Gasteiger partial charge >= 0.3 is 0 Å². The zero-order valence-corrected chi connectivity index (χ0v) is 12.4. The lowest BCUT2D eigenvalue weighted by atomic mass is 9.60. The quantitative estimate of drug-likeness (QED) is 0.683. The third-order valence-electron chi connectivity index (χ3n) is 3.98. The highest BCUT2D eigenvalue weighted by Crippen LogP contribution is 2.49. The molecule has 2 unspecified atom stereocenters. The topological polar surface area (TPSA) is 40.5 Å². The zero-order valence-electron chi connectivity index (χ0n) is 12.4. The number of hydrogen-bond acceptors (Lipinski definition) is 2. The summed E-state index contributed by atoms with van der Waals surface area (Å²) in [5.41, 5.74) is -0.105. The van der Waals surface area contributed by atoms with E-state index in [4.69, 9.17) is 0 Å². The number of hydrogen-bond donors (Lipinski definition) is 2. The van der Waals surface area contributed by atoms with Crippen LogP contribution in [0.5, 0.6) is 0 Å². The van der Waals surface area contributed by atoms with Crippen molar-refractivity contribution < 1.29 is 10.2 Å². The van der Waals surface area contributed by atoms with Gasteiger partial charge in [-0.05, 0) is 56.8 Å². The van der Waals surface area contributed by atoms with Crippen LogP contribution >= 0.6 is 0 Å². The minimum Gasteiger partial charge on any atom is -0.393 e. The second-order valence-electron chi connectivity index (χ2n) is 5.46. The summed E-state index contributed by atoms with van der Waals surface area (Å²) in [5.74, 6) is 2.75. The van der Waals surface area contributed by atoms with Gasteiger partial charge in [-0.25, -0.2) is 0 Å². The maximum Gasteiger partial charge on any atom is 0.0517 e. The normalized spacial score (nSPS) is 16.6. The smallest absolute Gasteiger partial charge is 0.0517 e. The van der Waals surface area contributed by atoms with Crippen LogP contribution < -0.4 is 0 Å². The first kappa shape index (κ1) is 16.9. The van der Waals surface area contributed by atoms with Gasteiger partial charge in [0.1, 0.15) is 0 Å². The van der Waals surface area contributed by atoms with Crippen LogP contribution in [-0.4, -0.2) is 22.4 Å². The van der Waals surface area contributed by atoms with Crippen molar-refractivity contribution in [1.82, 2.24) is 0 Å². The van der Waals surface area contributed by atoms with E-state index in [1.807, 2.05) is 13.8 Å². The van der Waals surface area contributed by atoms with Crippen LogP contribution in [0.25, 0.3) is 0 Å². The summed E-state index contributed by atoms with van der Waals surface area (Å²) >= 11 is 0. The van der Waals surface area contributed by atoms with Crippen LogP contribution in [-0.2, 0) is 0 Å². The van der Waals surface area contributed by atoms with Crippen molar-refractivity contribution in [2.75, 3.05) is 0 Å². The largest absolute Gasteiger partial charge is 0.393 e. The molecule has 0 spiro atoms. The fourth-order valence-corrected chi connectivity index (χ4v) is 2.83. The van der Waals surface area contributed by atoms with Crippen molar-refractivity contribution in [2.24, 2.45) is 5.41 Å². The van der Waals surface area contributed by atoms with Gasteiger partial charge in [-0.2, -0.15) is 0 Å². The molecule has 2 radical (unpaired) electrons. The summed E-state index contributed by atoms with van der Waals surface area (Å²) in [6, 6.07) is 0. The van der Waals surface area contributed by atoms with Crippen molar-refractivity contribution in [2.45, 2.75) is 79.4 Å². The Kier molecular flexibility index (Phi) is 7.34. The van der Waals surface area contributed by atoms with E-state index in [9.17, 15) is 10.2 Å². The van der Waals surface area contributed by atoms with E-state index in [0.717, 1.165) is 25.7 Å². The molecule has 0 fully saturated rings. The average molecular weight is 242 g/mol. The van der Waals surface area contributed by atoms with Gasteiger partial charge in [0.2, 0.25) is 0 Å². The summed E-state index contributed by atoms with van der Waals surface area (Å²) in [7, 11) is 0. The molecule has 0 aliphatic rings. The van der Waals surface area contributed by atoms with Crippen LogP contribution in [0, 0.1) is 17.3 Å². The summed E-state index contributed by atoms with van der Waals surface area (Å²) in [6.45, 7) is 12.3. The number of rotatable bonds is 8. The van der Waals surface area contributed by atoms with Gasteiger partial charge < -0.3 is 10.2 Å². The average Bonchev–Trinajstić information content (AvgIpc) is 2.24. The maximum absolute atomic E-state index is 9.78. The standard InChI is InChI=1S/C15H30O2/c1-7-11(3)15(9-13(5)16,10-14(6)17)12(4)8-2/h13-14,16-17H,7-10H2,1-6H3. The minimum absolute atomic E-state index is 0.105. The fourth-order valence-electron chi connectivity index (χ4n) is 2.83. The molecule has 0 heterocycles. The van der Waals surface area contributed by atoms with Crippen LogP contribution in [0.1, 0.15) is 67.2 Å². The second-order valence-corrected chi connectivity index (χ2v) is 5.46. The minimum atomic E-state index is -0.336. The molecule has 0 bridgehead atoms. The molecule has 2 atom stereocenters. The van der Waals surface area contributed by atoms with Gasteiger partial charge in [-0.1, -0.05) is 27.7 Å². The van der Waals surface area contributed by atoms with Crippen molar-refractivity contribution in [3.8, 4) is 0 Å². The third-order valence-corrected chi connectivity index (χ3v) is 3.98. The lowest BCUT2D eigenvalue weighted by Crippen LogP contribution is -2.38. The van der Waals surface area contributed by atoms with E-state index in [-0.39, 0.29) is 17.6 Å². The molecule has 0 aliphatic carbocycles. The SMILES string of the molecule is CC[C](C)C(CC(C)O)(CC(C)O)[C](C)CC. The first-order valence-electron chi connectivity index (χ1n) is 6.82. The fraction of sp³-hybridized carbons (Fsp3) is 0.867. The van der Waals surface area contributed by atoms with Crippen molar-refractivity contribution in [1.29, 1.82) is 0 Å². The molecule has 2 heteroatoms. The van der Waals surface area contributed by atoms with Gasteiger partial charge in [0.25, 0.3) is 0 Å². The highest BCUT2D eigenvalue weighted by atomic mass is 16.3. The Morgan fingerprint density at radius 3 is 1.35 bits per heavy atom. The maximum atomic E-state index is 9.78. The number of aliphatic hydroxyl groups excluding tert-OH is 2. The van der Waals surface area contributed by atoms with Crippen molar-refractivity contribution in [3.05, 3.63) is 11.8 Å². The molecule has 0 amide bonds. The molecule has 0 saturated carbocycles. The molecule has 0 aliphatic heterocycles.